The van der Waals surface area contributed by atoms with E-state index in [-0.39, 0.29) is 0 Å². The average molecular weight is 869 g/mol. The van der Waals surface area contributed by atoms with Crippen LogP contribution in [0.4, 0.5) is 0 Å². The molecule has 0 bridgehead atoms. The standard InChI is InChI=1S/C63H40N4O/c1-6-18-41(19-7-1)45-30-33-49(42-20-8-2-9-21-42)55(38-45)46-31-34-50(56(39-46)63-65-61(43-22-10-3-11-23-43)64-62(66-63)44-24-12-4-13-25-44)47-32-35-52-54-37-36-53-51-28-16-17-29-57(51)67(48-26-14-5-15-27-48)59(53)60(54)68-58(52)40-47/h1-40H. The Morgan fingerprint density at radius 3 is 1.46 bits per heavy atom. The van der Waals surface area contributed by atoms with E-state index in [4.69, 9.17) is 19.4 Å². The molecule has 0 aliphatic carbocycles. The van der Waals surface area contributed by atoms with Crippen LogP contribution >= 0.6 is 0 Å². The van der Waals surface area contributed by atoms with Gasteiger partial charge in [-0.3, -0.25) is 0 Å². The van der Waals surface area contributed by atoms with E-state index < -0.39 is 0 Å². The van der Waals surface area contributed by atoms with E-state index in [1.807, 2.05) is 36.4 Å². The summed E-state index contributed by atoms with van der Waals surface area (Å²) >= 11 is 0. The molecule has 0 N–H and O–H groups in total. The Hall–Kier alpha value is -9.19. The lowest BCUT2D eigenvalue weighted by Gasteiger charge is -2.17. The highest BCUT2D eigenvalue weighted by Crippen LogP contribution is 2.44. The van der Waals surface area contributed by atoms with Crippen LogP contribution in [0, 0.1) is 0 Å². The van der Waals surface area contributed by atoms with E-state index in [9.17, 15) is 0 Å². The van der Waals surface area contributed by atoms with Crippen LogP contribution in [-0.2, 0) is 0 Å². The number of hydrogen-bond acceptors (Lipinski definition) is 4. The van der Waals surface area contributed by atoms with Gasteiger partial charge >= 0.3 is 0 Å². The molecule has 318 valence electrons. The SMILES string of the molecule is c1ccc(-c2ccc(-c3ccccc3)c(-c3ccc(-c4ccc5c(c4)oc4c5ccc5c6ccccc6n(-c6ccccc6)c54)c(-c4nc(-c5ccccc5)nc(-c5ccccc5)n4)c3)c2)cc1. The summed E-state index contributed by atoms with van der Waals surface area (Å²) in [6.07, 6.45) is 0. The van der Waals surface area contributed by atoms with Crippen molar-refractivity contribution >= 4 is 43.7 Å². The molecule has 0 spiro atoms. The smallest absolute Gasteiger partial charge is 0.164 e. The Morgan fingerprint density at radius 1 is 0.294 bits per heavy atom. The Kier molecular flexibility index (Phi) is 9.43. The van der Waals surface area contributed by atoms with Gasteiger partial charge in [-0.25, -0.2) is 15.0 Å². The van der Waals surface area contributed by atoms with Crippen LogP contribution in [0.5, 0.6) is 0 Å². The fourth-order valence-corrected chi connectivity index (χ4v) is 9.84. The lowest BCUT2D eigenvalue weighted by atomic mass is 9.88. The highest BCUT2D eigenvalue weighted by atomic mass is 16.3. The van der Waals surface area contributed by atoms with Crippen molar-refractivity contribution in [1.82, 2.24) is 19.5 Å². The molecule has 3 heterocycles. The molecular weight excluding hydrogens is 829 g/mol. The van der Waals surface area contributed by atoms with Crippen molar-refractivity contribution in [3.8, 4) is 84.4 Å². The average Bonchev–Trinajstić information content (AvgIpc) is 3.97. The molecule has 3 aromatic heterocycles. The van der Waals surface area contributed by atoms with Crippen LogP contribution < -0.4 is 0 Å². The first-order valence-electron chi connectivity index (χ1n) is 22.9. The highest BCUT2D eigenvalue weighted by molar-refractivity contribution is 6.21. The van der Waals surface area contributed by atoms with Crippen LogP contribution in [0.3, 0.4) is 0 Å². The van der Waals surface area contributed by atoms with Crippen LogP contribution in [0.15, 0.2) is 247 Å². The summed E-state index contributed by atoms with van der Waals surface area (Å²) in [4.78, 5) is 15.7. The number of aromatic nitrogens is 4. The maximum Gasteiger partial charge on any atom is 0.164 e. The quantitative estimate of drug-likeness (QED) is 0.153. The van der Waals surface area contributed by atoms with Gasteiger partial charge in [0, 0.05) is 43.9 Å². The zero-order valence-corrected chi connectivity index (χ0v) is 36.8. The number of benzene rings is 10. The molecule has 68 heavy (non-hydrogen) atoms. The van der Waals surface area contributed by atoms with E-state index in [1.54, 1.807) is 0 Å². The molecule has 0 fully saturated rings. The van der Waals surface area contributed by atoms with Crippen LogP contribution in [0.1, 0.15) is 0 Å². The molecule has 5 nitrogen and oxygen atoms in total. The van der Waals surface area contributed by atoms with Crippen molar-refractivity contribution < 1.29 is 4.42 Å². The van der Waals surface area contributed by atoms with Crippen molar-refractivity contribution in [1.29, 1.82) is 0 Å². The molecule has 0 atom stereocenters. The maximum atomic E-state index is 7.07. The van der Waals surface area contributed by atoms with Crippen LogP contribution in [0.25, 0.3) is 128 Å². The molecule has 0 amide bonds. The van der Waals surface area contributed by atoms with Gasteiger partial charge in [-0.2, -0.15) is 0 Å². The van der Waals surface area contributed by atoms with Crippen molar-refractivity contribution in [3.05, 3.63) is 243 Å². The van der Waals surface area contributed by atoms with Gasteiger partial charge in [-0.1, -0.05) is 194 Å². The van der Waals surface area contributed by atoms with E-state index in [1.165, 1.54) is 5.39 Å². The predicted octanol–water partition coefficient (Wildman–Crippen LogP) is 16.5. The second-order valence-corrected chi connectivity index (χ2v) is 17.1. The minimum absolute atomic E-state index is 0.578. The first kappa shape index (κ1) is 39.2. The molecule has 5 heteroatoms. The van der Waals surface area contributed by atoms with Crippen molar-refractivity contribution in [2.75, 3.05) is 0 Å². The fourth-order valence-electron chi connectivity index (χ4n) is 9.84. The first-order chi connectivity index (χ1) is 33.7. The van der Waals surface area contributed by atoms with E-state index >= 15 is 0 Å². The van der Waals surface area contributed by atoms with Gasteiger partial charge in [0.2, 0.25) is 0 Å². The Balaban J connectivity index is 1.06. The van der Waals surface area contributed by atoms with Gasteiger partial charge in [-0.05, 0) is 93.0 Å². The molecular formula is C63H40N4O. The topological polar surface area (TPSA) is 56.7 Å². The summed E-state index contributed by atoms with van der Waals surface area (Å²) in [7, 11) is 0. The summed E-state index contributed by atoms with van der Waals surface area (Å²) < 4.78 is 9.40. The summed E-state index contributed by atoms with van der Waals surface area (Å²) in [5, 5.41) is 4.46. The number of hydrogen-bond donors (Lipinski definition) is 0. The molecule has 0 radical (unpaired) electrons. The molecule has 0 aliphatic heterocycles. The van der Waals surface area contributed by atoms with E-state index in [0.717, 1.165) is 105 Å². The second kappa shape index (κ2) is 16.4. The van der Waals surface area contributed by atoms with Gasteiger partial charge in [0.15, 0.2) is 23.1 Å². The molecule has 13 rings (SSSR count). The number of fused-ring (bicyclic) bond motifs is 7. The van der Waals surface area contributed by atoms with Gasteiger partial charge in [-0.15, -0.1) is 0 Å². The van der Waals surface area contributed by atoms with Crippen LogP contribution in [-0.4, -0.2) is 19.5 Å². The third-order valence-corrected chi connectivity index (χ3v) is 13.1. The Bertz CT molecular complexity index is 3940. The summed E-state index contributed by atoms with van der Waals surface area (Å²) in [6, 6.07) is 85.2. The van der Waals surface area contributed by atoms with E-state index in [0.29, 0.717) is 17.5 Å². The summed E-state index contributed by atoms with van der Waals surface area (Å²) in [5.41, 5.74) is 16.3. The second-order valence-electron chi connectivity index (χ2n) is 17.1. The lowest BCUT2D eigenvalue weighted by molar-refractivity contribution is 0.671. The molecule has 13 aromatic rings. The predicted molar refractivity (Wildman–Crippen MR) is 279 cm³/mol. The monoisotopic (exact) mass is 868 g/mol. The third kappa shape index (κ3) is 6.76. The molecule has 0 aliphatic rings. The molecule has 10 aromatic carbocycles. The normalized spacial score (nSPS) is 11.5. The van der Waals surface area contributed by atoms with Gasteiger partial charge in [0.05, 0.1) is 11.0 Å². The highest BCUT2D eigenvalue weighted by Gasteiger charge is 2.22. The molecule has 0 unspecified atom stereocenters. The number of para-hydroxylation sites is 2. The number of nitrogens with zero attached hydrogens (tertiary/aromatic N) is 4. The minimum atomic E-state index is 0.578. The Labute approximate surface area is 392 Å². The molecule has 0 saturated carbocycles. The summed E-state index contributed by atoms with van der Waals surface area (Å²) in [6.45, 7) is 0. The zero-order valence-electron chi connectivity index (χ0n) is 36.8. The van der Waals surface area contributed by atoms with Crippen molar-refractivity contribution in [2.24, 2.45) is 0 Å². The summed E-state index contributed by atoms with van der Waals surface area (Å²) in [5.74, 6) is 1.79. The number of furan rings is 1. The number of rotatable bonds is 8. The van der Waals surface area contributed by atoms with Crippen LogP contribution in [0.2, 0.25) is 0 Å². The van der Waals surface area contributed by atoms with Gasteiger partial charge in [0.1, 0.15) is 5.58 Å². The van der Waals surface area contributed by atoms with Gasteiger partial charge < -0.3 is 8.98 Å². The lowest BCUT2D eigenvalue weighted by Crippen LogP contribution is -2.01. The first-order valence-corrected chi connectivity index (χ1v) is 22.9. The minimum Gasteiger partial charge on any atom is -0.454 e. The van der Waals surface area contributed by atoms with Crippen molar-refractivity contribution in [2.45, 2.75) is 0 Å². The molecule has 0 saturated heterocycles. The van der Waals surface area contributed by atoms with E-state index in [2.05, 4.69) is 211 Å². The fraction of sp³-hybridized carbons (Fsp3) is 0. The maximum absolute atomic E-state index is 7.07. The largest absolute Gasteiger partial charge is 0.454 e. The third-order valence-electron chi connectivity index (χ3n) is 13.1. The van der Waals surface area contributed by atoms with Crippen molar-refractivity contribution in [3.63, 3.8) is 0 Å². The zero-order chi connectivity index (χ0) is 45.0. The Morgan fingerprint density at radius 2 is 0.779 bits per heavy atom. The van der Waals surface area contributed by atoms with Gasteiger partial charge in [0.25, 0.3) is 0 Å².